The topological polar surface area (TPSA) is 3.24 Å². The van der Waals surface area contributed by atoms with Crippen LogP contribution in [0.1, 0.15) is 50.2 Å². The largest absolute Gasteiger partial charge is 0.310 e. The molecule has 56 heavy (non-hydrogen) atoms. The van der Waals surface area contributed by atoms with Gasteiger partial charge in [0.1, 0.15) is 0 Å². The SMILES string of the molecule is C1=CCC=CC(N(c2ccc3c(c2)-c2ccccc2C32c3cccc(Cc4ccccc4)c3-c3c2sc2ccccc32)c2cccc3c2Cc2ccccc2-3)=C1. The third kappa shape index (κ3) is 4.42. The summed E-state index contributed by atoms with van der Waals surface area (Å²) in [7, 11) is 0. The Hall–Kier alpha value is -6.48. The third-order valence-electron chi connectivity index (χ3n) is 12.6. The zero-order chi connectivity index (χ0) is 36.8. The smallest absolute Gasteiger partial charge is 0.0819 e. The molecule has 0 saturated heterocycles. The van der Waals surface area contributed by atoms with Gasteiger partial charge < -0.3 is 4.90 Å². The van der Waals surface area contributed by atoms with Crippen LogP contribution in [0.3, 0.4) is 0 Å². The first-order chi connectivity index (χ1) is 27.8. The molecule has 0 amide bonds. The van der Waals surface area contributed by atoms with Crippen molar-refractivity contribution in [1.29, 1.82) is 0 Å². The van der Waals surface area contributed by atoms with Crippen LogP contribution < -0.4 is 4.90 Å². The van der Waals surface area contributed by atoms with E-state index in [1.54, 1.807) is 0 Å². The first kappa shape index (κ1) is 31.8. The highest BCUT2D eigenvalue weighted by molar-refractivity contribution is 7.20. The van der Waals surface area contributed by atoms with E-state index < -0.39 is 5.41 Å². The van der Waals surface area contributed by atoms with Gasteiger partial charge in [-0.15, -0.1) is 11.3 Å². The number of thiophene rings is 1. The van der Waals surface area contributed by atoms with Crippen molar-refractivity contribution >= 4 is 32.8 Å². The van der Waals surface area contributed by atoms with Gasteiger partial charge in [0.15, 0.2) is 0 Å². The van der Waals surface area contributed by atoms with Gasteiger partial charge in [-0.3, -0.25) is 0 Å². The second kappa shape index (κ2) is 12.3. The van der Waals surface area contributed by atoms with Crippen molar-refractivity contribution in [2.24, 2.45) is 0 Å². The summed E-state index contributed by atoms with van der Waals surface area (Å²) in [6.45, 7) is 0. The molecule has 4 aliphatic carbocycles. The van der Waals surface area contributed by atoms with E-state index in [0.717, 1.165) is 19.3 Å². The molecule has 1 aromatic heterocycles. The Balaban J connectivity index is 1.11. The average molecular weight is 732 g/mol. The summed E-state index contributed by atoms with van der Waals surface area (Å²) in [6.07, 6.45) is 14.1. The van der Waals surface area contributed by atoms with E-state index in [2.05, 4.69) is 193 Å². The van der Waals surface area contributed by atoms with Gasteiger partial charge in [-0.05, 0) is 116 Å². The number of anilines is 2. The van der Waals surface area contributed by atoms with Gasteiger partial charge in [-0.1, -0.05) is 152 Å². The fraction of sp³-hybridized carbons (Fsp3) is 0.0741. The summed E-state index contributed by atoms with van der Waals surface area (Å²) < 4.78 is 1.35. The van der Waals surface area contributed by atoms with Crippen LogP contribution in [-0.2, 0) is 18.3 Å². The molecule has 264 valence electrons. The van der Waals surface area contributed by atoms with E-state index in [9.17, 15) is 0 Å². The van der Waals surface area contributed by atoms with Crippen molar-refractivity contribution in [3.05, 3.63) is 238 Å². The van der Waals surface area contributed by atoms with Crippen molar-refractivity contribution in [2.45, 2.75) is 24.7 Å². The summed E-state index contributed by atoms with van der Waals surface area (Å²) in [5.41, 5.74) is 21.0. The molecule has 1 unspecified atom stereocenters. The summed E-state index contributed by atoms with van der Waals surface area (Å²) in [4.78, 5) is 3.96. The highest BCUT2D eigenvalue weighted by Crippen LogP contribution is 2.67. The first-order valence-corrected chi connectivity index (χ1v) is 20.6. The molecule has 8 aromatic rings. The average Bonchev–Trinajstić information content (AvgIpc) is 3.91. The summed E-state index contributed by atoms with van der Waals surface area (Å²) in [5.74, 6) is 0. The monoisotopic (exact) mass is 731 g/mol. The maximum Gasteiger partial charge on any atom is 0.0819 e. The summed E-state index contributed by atoms with van der Waals surface area (Å²) in [5, 5.41) is 1.36. The van der Waals surface area contributed by atoms with E-state index in [-0.39, 0.29) is 0 Å². The fourth-order valence-corrected chi connectivity index (χ4v) is 11.7. The predicted octanol–water partition coefficient (Wildman–Crippen LogP) is 13.9. The molecule has 0 aliphatic heterocycles. The van der Waals surface area contributed by atoms with Crippen LogP contribution in [0.2, 0.25) is 0 Å². The molecule has 1 heterocycles. The Morgan fingerprint density at radius 1 is 0.589 bits per heavy atom. The minimum absolute atomic E-state index is 0.407. The lowest BCUT2D eigenvalue weighted by atomic mass is 9.73. The summed E-state index contributed by atoms with van der Waals surface area (Å²) in [6, 6.07) is 59.5. The molecule has 2 heteroatoms. The molecule has 4 aliphatic rings. The molecule has 0 radical (unpaired) electrons. The van der Waals surface area contributed by atoms with E-state index in [0.29, 0.717) is 0 Å². The number of hydrogen-bond donors (Lipinski definition) is 0. The number of rotatable bonds is 5. The number of benzene rings is 7. The molecular formula is C54H37NS. The van der Waals surface area contributed by atoms with Gasteiger partial charge in [0.2, 0.25) is 0 Å². The van der Waals surface area contributed by atoms with Crippen molar-refractivity contribution in [3.8, 4) is 33.4 Å². The Bertz CT molecular complexity index is 3010. The third-order valence-corrected chi connectivity index (χ3v) is 13.8. The van der Waals surface area contributed by atoms with E-state index in [1.807, 2.05) is 11.3 Å². The molecule has 0 N–H and O–H groups in total. The normalized spacial score (nSPS) is 16.5. The number of allylic oxidation sites excluding steroid dienone is 5. The Kier molecular flexibility index (Phi) is 6.97. The molecule has 0 saturated carbocycles. The van der Waals surface area contributed by atoms with E-state index in [4.69, 9.17) is 0 Å². The highest BCUT2D eigenvalue weighted by Gasteiger charge is 2.54. The second-order valence-electron chi connectivity index (χ2n) is 15.5. The minimum atomic E-state index is -0.407. The van der Waals surface area contributed by atoms with Crippen LogP contribution in [0.4, 0.5) is 11.4 Å². The molecular weight excluding hydrogens is 695 g/mol. The second-order valence-corrected chi connectivity index (χ2v) is 16.5. The van der Waals surface area contributed by atoms with E-state index >= 15 is 0 Å². The predicted molar refractivity (Wildman–Crippen MR) is 235 cm³/mol. The molecule has 12 rings (SSSR count). The van der Waals surface area contributed by atoms with Crippen LogP contribution in [0, 0.1) is 0 Å². The maximum absolute atomic E-state index is 2.51. The van der Waals surface area contributed by atoms with Crippen LogP contribution >= 0.6 is 11.3 Å². The van der Waals surface area contributed by atoms with Crippen molar-refractivity contribution < 1.29 is 0 Å². The maximum atomic E-state index is 2.51. The Morgan fingerprint density at radius 3 is 2.30 bits per heavy atom. The molecule has 1 atom stereocenters. The van der Waals surface area contributed by atoms with Crippen molar-refractivity contribution in [3.63, 3.8) is 0 Å². The van der Waals surface area contributed by atoms with Gasteiger partial charge >= 0.3 is 0 Å². The zero-order valence-electron chi connectivity index (χ0n) is 30.9. The quantitative estimate of drug-likeness (QED) is 0.170. The van der Waals surface area contributed by atoms with Crippen LogP contribution in [0.15, 0.2) is 194 Å². The standard InChI is InChI=1S/C54H37NS/c1-2-7-21-38(20-6-1)55(49-28-15-25-41-40-22-9-8-18-36(40)33-45(41)49)39-30-31-47-44(34-39)42-23-10-12-26-46(42)54(47)48-27-14-19-37(32-35-16-4-3-5-17-35)51(48)52-43-24-11-13-29-50(43)56-53(52)54/h1,3-31,34H,2,32-33H2. The zero-order valence-corrected chi connectivity index (χ0v) is 31.7. The van der Waals surface area contributed by atoms with Crippen molar-refractivity contribution in [2.75, 3.05) is 4.90 Å². The minimum Gasteiger partial charge on any atom is -0.310 e. The summed E-state index contributed by atoms with van der Waals surface area (Å²) >= 11 is 1.98. The number of nitrogens with zero attached hydrogens (tertiary/aromatic N) is 1. The van der Waals surface area contributed by atoms with Gasteiger partial charge in [-0.2, -0.15) is 0 Å². The lowest BCUT2D eigenvalue weighted by Crippen LogP contribution is -2.25. The first-order valence-electron chi connectivity index (χ1n) is 19.8. The lowest BCUT2D eigenvalue weighted by molar-refractivity contribution is 0.810. The van der Waals surface area contributed by atoms with Gasteiger partial charge in [0.25, 0.3) is 0 Å². The number of hydrogen-bond acceptors (Lipinski definition) is 2. The Morgan fingerprint density at radius 2 is 1.36 bits per heavy atom. The molecule has 7 aromatic carbocycles. The fourth-order valence-electron chi connectivity index (χ4n) is 10.3. The molecule has 0 fully saturated rings. The van der Waals surface area contributed by atoms with Gasteiger partial charge in [0.05, 0.1) is 11.1 Å². The van der Waals surface area contributed by atoms with Crippen molar-refractivity contribution in [1.82, 2.24) is 0 Å². The molecule has 1 nitrogen and oxygen atoms in total. The van der Waals surface area contributed by atoms with Gasteiger partial charge in [-0.25, -0.2) is 0 Å². The highest BCUT2D eigenvalue weighted by atomic mass is 32.1. The van der Waals surface area contributed by atoms with Crippen LogP contribution in [0.25, 0.3) is 43.5 Å². The number of fused-ring (bicyclic) bond motifs is 15. The Labute approximate surface area is 331 Å². The van der Waals surface area contributed by atoms with Crippen LogP contribution in [0.5, 0.6) is 0 Å². The van der Waals surface area contributed by atoms with Crippen LogP contribution in [-0.4, -0.2) is 0 Å². The van der Waals surface area contributed by atoms with E-state index in [1.165, 1.54) is 104 Å². The lowest BCUT2D eigenvalue weighted by Gasteiger charge is -2.31. The molecule has 1 spiro atoms. The molecule has 0 bridgehead atoms. The van der Waals surface area contributed by atoms with Gasteiger partial charge in [0, 0.05) is 38.3 Å².